The molecule has 5 atom stereocenters. The van der Waals surface area contributed by atoms with Gasteiger partial charge in [-0.2, -0.15) is 108 Å². The monoisotopic (exact) mass is 1500 g/mol. The van der Waals surface area contributed by atoms with Crippen molar-refractivity contribution in [2.75, 3.05) is 26.9 Å². The average molecular weight is 1500 g/mol. The van der Waals surface area contributed by atoms with Gasteiger partial charge in [-0.1, -0.05) is 32.7 Å². The minimum atomic E-state index is -7.73. The zero-order valence-electron chi connectivity index (χ0n) is 49.3. The predicted octanol–water partition coefficient (Wildman–Crippen LogP) is 8.75. The van der Waals surface area contributed by atoms with Crippen LogP contribution in [0.25, 0.3) is 0 Å². The Balaban J connectivity index is 0.000000423. The maximum Gasteiger partial charge on any atom is 0.465 e. The van der Waals surface area contributed by atoms with Crippen LogP contribution in [0.1, 0.15) is 91.9 Å². The van der Waals surface area contributed by atoms with Crippen LogP contribution >= 0.6 is 0 Å². The fraction of sp³-hybridized carbons (Fsp3) is 0.714. The van der Waals surface area contributed by atoms with E-state index in [-0.39, 0.29) is 41.3 Å². The summed E-state index contributed by atoms with van der Waals surface area (Å²) in [5.74, 6) is -52.4. The molecule has 7 saturated carbocycles. The summed E-state index contributed by atoms with van der Waals surface area (Å²) < 4.78 is 384. The summed E-state index contributed by atoms with van der Waals surface area (Å²) >= 11 is 0. The molecule has 0 aliphatic heterocycles. The zero-order valence-corrected chi connectivity index (χ0v) is 52.6. The first-order valence-electron chi connectivity index (χ1n) is 26.1. The van der Waals surface area contributed by atoms with E-state index < -0.39 is 175 Å². The Hall–Kier alpha value is -5.84. The molecule has 0 aromatic rings. The molecule has 4 N–H and O–H groups in total. The molecule has 0 aromatic carbocycles. The van der Waals surface area contributed by atoms with E-state index >= 15 is 0 Å². The van der Waals surface area contributed by atoms with Gasteiger partial charge < -0.3 is 28.4 Å². The minimum absolute atomic E-state index is 0.0203. The van der Waals surface area contributed by atoms with Crippen LogP contribution in [0.3, 0.4) is 0 Å². The number of hydrogen-bond donors (Lipinski definition) is 4. The maximum atomic E-state index is 14.1. The molecule has 7 fully saturated rings. The number of ether oxygens (including phenoxy) is 6. The van der Waals surface area contributed by atoms with E-state index in [1.807, 2.05) is 0 Å². The third-order valence-electron chi connectivity index (χ3n) is 15.1. The zero-order chi connectivity index (χ0) is 75.1. The summed E-state index contributed by atoms with van der Waals surface area (Å²) in [4.78, 5) is 66.2. The first kappa shape index (κ1) is 85.2. The highest BCUT2D eigenvalue weighted by atomic mass is 32.2. The summed E-state index contributed by atoms with van der Waals surface area (Å²) in [6.07, 6.45) is 5.38. The number of alkyl halides is 18. The molecule has 0 heterocycles. The van der Waals surface area contributed by atoms with Crippen LogP contribution in [-0.2, 0) is 97.7 Å². The summed E-state index contributed by atoms with van der Waals surface area (Å²) in [7, 11) is -24.3. The second kappa shape index (κ2) is 28.2. The summed E-state index contributed by atoms with van der Waals surface area (Å²) in [6.45, 7) is 15.9. The molecule has 7 aliphatic carbocycles. The Labute approximate surface area is 527 Å². The van der Waals surface area contributed by atoms with Crippen LogP contribution in [0, 0.1) is 35.0 Å². The van der Waals surface area contributed by atoms with Crippen molar-refractivity contribution in [1.82, 2.24) is 0 Å². The largest absolute Gasteiger partial charge is 0.466 e. The smallest absolute Gasteiger partial charge is 0.465 e. The fourth-order valence-electron chi connectivity index (χ4n) is 11.0. The molecule has 548 valence electrons. The Morgan fingerprint density at radius 3 is 1.20 bits per heavy atom. The van der Waals surface area contributed by atoms with Crippen LogP contribution in [0.4, 0.5) is 79.0 Å². The maximum absolute atomic E-state index is 14.1. The Morgan fingerprint density at radius 2 is 0.874 bits per heavy atom. The van der Waals surface area contributed by atoms with Crippen LogP contribution < -0.4 is 0 Å². The normalized spacial score (nSPS) is 28.4. The third kappa shape index (κ3) is 16.5. The van der Waals surface area contributed by atoms with Gasteiger partial charge in [0.2, 0.25) is 0 Å². The van der Waals surface area contributed by atoms with E-state index in [9.17, 15) is 141 Å². The molecular formula is C49H58F18O24S4. The topological polar surface area (TPSA) is 375 Å². The van der Waals surface area contributed by atoms with Crippen molar-refractivity contribution in [2.24, 2.45) is 35.0 Å². The molecule has 0 radical (unpaired) electrons. The number of hydrogen-bond acceptors (Lipinski definition) is 20. The van der Waals surface area contributed by atoms with E-state index in [4.69, 9.17) is 22.9 Å². The number of methoxy groups -OCH3 is 1. The molecule has 46 heteroatoms. The van der Waals surface area contributed by atoms with Crippen molar-refractivity contribution in [2.45, 2.75) is 154 Å². The molecule has 7 aliphatic rings. The number of halogens is 18. The first-order chi connectivity index (χ1) is 42.1. The lowest BCUT2D eigenvalue weighted by Crippen LogP contribution is -2.86. The predicted molar refractivity (Wildman–Crippen MR) is 279 cm³/mol. The van der Waals surface area contributed by atoms with Crippen molar-refractivity contribution in [3.8, 4) is 0 Å². The Bertz CT molecular complexity index is 3460. The lowest BCUT2D eigenvalue weighted by molar-refractivity contribution is -0.485. The second-order valence-electron chi connectivity index (χ2n) is 22.7. The molecule has 7 rings (SSSR count). The fourth-order valence-corrected chi connectivity index (χ4v) is 13.0. The number of carbonyl (C=O) groups is 6. The highest BCUT2D eigenvalue weighted by Crippen LogP contribution is 2.71. The molecule has 0 amide bonds. The average Bonchev–Trinajstić information content (AvgIpc) is 1.03. The Kier molecular flexibility index (Phi) is 25.3. The second-order valence-corrected chi connectivity index (χ2v) is 28.6. The summed E-state index contributed by atoms with van der Waals surface area (Å²) in [5, 5.41) is -22.9. The van der Waals surface area contributed by atoms with Crippen LogP contribution in [0.5, 0.6) is 0 Å². The molecule has 0 saturated heterocycles. The number of rotatable bonds is 19. The minimum Gasteiger partial charge on any atom is -0.466 e. The van der Waals surface area contributed by atoms with E-state index in [0.717, 1.165) is 12.8 Å². The number of esters is 6. The lowest BCUT2D eigenvalue weighted by atomic mass is 9.48. The molecular weight excluding hydrogens is 1440 g/mol. The summed E-state index contributed by atoms with van der Waals surface area (Å²) in [5.41, 5.74) is -1.85. The number of carbonyl (C=O) groups excluding carboxylic acids is 6. The van der Waals surface area contributed by atoms with Crippen LogP contribution in [0.2, 0.25) is 0 Å². The molecule has 95 heavy (non-hydrogen) atoms. The van der Waals surface area contributed by atoms with Gasteiger partial charge in [0.15, 0.2) is 0 Å². The van der Waals surface area contributed by atoms with Gasteiger partial charge in [-0.05, 0) is 109 Å². The van der Waals surface area contributed by atoms with Crippen molar-refractivity contribution in [1.29, 1.82) is 0 Å². The summed E-state index contributed by atoms with van der Waals surface area (Å²) in [6, 6.07) is 0. The molecule has 24 nitrogen and oxygen atoms in total. The van der Waals surface area contributed by atoms with Crippen LogP contribution in [0.15, 0.2) is 48.6 Å². The first-order valence-corrected chi connectivity index (χ1v) is 31.8. The van der Waals surface area contributed by atoms with Crippen molar-refractivity contribution in [3.05, 3.63) is 48.6 Å². The van der Waals surface area contributed by atoms with Gasteiger partial charge in [-0.3, -0.25) is 18.2 Å². The van der Waals surface area contributed by atoms with Gasteiger partial charge in [0.25, 0.3) is 0 Å². The highest BCUT2D eigenvalue weighted by Gasteiger charge is 3.05. The Morgan fingerprint density at radius 1 is 0.484 bits per heavy atom. The van der Waals surface area contributed by atoms with Crippen molar-refractivity contribution >= 4 is 76.3 Å². The van der Waals surface area contributed by atoms with Crippen molar-refractivity contribution < 1.29 is 188 Å². The SMILES string of the molecule is C=C(C)C(=O)OC.C=C(C)C(=O)OC1(F)C(F)(F)C(F)(F)C(F)(S(=O)(=O)O)C(F)(F)C1(F)F.C=C(C)C(=O)OC12CC3CC(CC(COC(=O)C(F)(F)S(=O)(=O)O)(C3)C1)C2.C=C(C)C(=O)OCCOC(=O)C(F)(F)S(=O)(=O)O.O=S(=O)(O)C(F)(F)C(F)(F)C1CC2CCC1C2. The van der Waals surface area contributed by atoms with Gasteiger partial charge in [-0.15, -0.1) is 0 Å². The van der Waals surface area contributed by atoms with Gasteiger partial charge in [0.05, 0.1) is 13.7 Å². The number of fused-ring (bicyclic) bond motifs is 2. The molecule has 6 bridgehead atoms. The van der Waals surface area contributed by atoms with E-state index in [1.54, 1.807) is 6.92 Å². The van der Waals surface area contributed by atoms with Gasteiger partial charge >= 0.3 is 133 Å². The molecule has 5 unspecified atom stereocenters. The van der Waals surface area contributed by atoms with Crippen LogP contribution in [-0.4, -0.2) is 176 Å². The van der Waals surface area contributed by atoms with Crippen molar-refractivity contribution in [3.63, 3.8) is 0 Å². The van der Waals surface area contributed by atoms with E-state index in [2.05, 4.69) is 50.0 Å². The standard InChI is InChI=1S/C17H22F2O7S.C10H6F10O5S.C9H12F4O3S.C8H10F2O7S.C5H8O2/c1-10(2)13(20)26-16-6-11-3-12(7-16)5-15(4-11,8-16)9-25-14(21)17(18,19)27(22,23)24;1-3(2)4(21)25-9(19)5(11,12)7(15,16)10(20,26(22,23)24)8(17,18)6(9,13)14;10-8(11,9(12,13)17(14,15)16)7-4-5-1-2-6(7)3-5;1-5(2)6(11)16-3-4-17-7(12)8(9,10)18(13,14)15;1-4(2)5(6)7-3/h11-12H,1,3-9H2,2H3,(H,22,23,24);1H2,2H3,(H,22,23,24);5-7H,1-4H2,(H,14,15,16);1,3-4H2,2H3,(H,13,14,15);1H2,2-3H3. The van der Waals surface area contributed by atoms with Gasteiger partial charge in [0.1, 0.15) is 18.8 Å². The molecule has 0 spiro atoms. The molecule has 0 aromatic heterocycles. The van der Waals surface area contributed by atoms with E-state index in [0.29, 0.717) is 57.4 Å². The lowest BCUT2D eigenvalue weighted by Gasteiger charge is -2.60. The quantitative estimate of drug-likeness (QED) is 0.0234. The van der Waals surface area contributed by atoms with Gasteiger partial charge in [-0.25, -0.2) is 33.2 Å². The third-order valence-corrected chi connectivity index (χ3v) is 18.9. The van der Waals surface area contributed by atoms with E-state index in [1.165, 1.54) is 21.0 Å². The highest BCUT2D eigenvalue weighted by molar-refractivity contribution is 7.88. The van der Waals surface area contributed by atoms with Gasteiger partial charge in [0, 0.05) is 33.6 Å².